The molecule has 0 saturated carbocycles. The number of amides is 1. The Balaban J connectivity index is 4.20. The average Bonchev–Trinajstić information content (AvgIpc) is 2.41. The third kappa shape index (κ3) is 10.9. The molecular weight excluding hydrogens is 310 g/mol. The second-order valence-electron chi connectivity index (χ2n) is 7.30. The zero-order valence-corrected chi connectivity index (χ0v) is 15.7. The molecule has 1 amide bonds. The summed E-state index contributed by atoms with van der Waals surface area (Å²) in [6.07, 6.45) is 2.06. The van der Waals surface area contributed by atoms with Crippen molar-refractivity contribution >= 4 is 23.4 Å². The Kier molecular flexibility index (Phi) is 9.48. The molecule has 0 saturated heterocycles. The second-order valence-corrected chi connectivity index (χ2v) is 7.30. The zero-order valence-electron chi connectivity index (χ0n) is 15.7. The lowest BCUT2D eigenvalue weighted by Gasteiger charge is -2.22. The van der Waals surface area contributed by atoms with Crippen molar-refractivity contribution in [2.24, 2.45) is 5.92 Å². The zero-order chi connectivity index (χ0) is 18.9. The second kappa shape index (κ2) is 10.2. The lowest BCUT2D eigenvalue weighted by molar-refractivity contribution is -0.160. The van der Waals surface area contributed by atoms with Crippen LogP contribution in [-0.4, -0.2) is 35.1 Å². The monoisotopic (exact) mass is 341 g/mol. The van der Waals surface area contributed by atoms with E-state index >= 15 is 0 Å². The van der Waals surface area contributed by atoms with E-state index in [0.29, 0.717) is 19.3 Å². The van der Waals surface area contributed by atoms with E-state index in [1.165, 1.54) is 6.92 Å². The molecule has 0 radical (unpaired) electrons. The Morgan fingerprint density at radius 2 is 1.54 bits per heavy atom. The summed E-state index contributed by atoms with van der Waals surface area (Å²) in [5.41, 5.74) is -0.589. The van der Waals surface area contributed by atoms with Crippen molar-refractivity contribution in [1.29, 1.82) is 0 Å². The van der Waals surface area contributed by atoms with E-state index in [9.17, 15) is 19.2 Å². The molecule has 2 atom stereocenters. The minimum atomic E-state index is -0.643. The summed E-state index contributed by atoms with van der Waals surface area (Å²) in [4.78, 5) is 46.6. The SMILES string of the molecule is CC(=O)CCCCC(=O)N[C@@H](C)C(=O)C[C@@H](C)C(=O)OC(C)(C)C. The number of unbranched alkanes of at least 4 members (excludes halogenated alkanes) is 1. The number of nitrogens with one attached hydrogen (secondary N) is 1. The summed E-state index contributed by atoms with van der Waals surface area (Å²) in [5.74, 6) is -1.28. The van der Waals surface area contributed by atoms with Crippen LogP contribution < -0.4 is 5.32 Å². The molecule has 0 fully saturated rings. The normalized spacial score (nSPS) is 13.8. The number of rotatable bonds is 10. The maximum atomic E-state index is 12.1. The van der Waals surface area contributed by atoms with Crippen molar-refractivity contribution in [3.8, 4) is 0 Å². The highest BCUT2D eigenvalue weighted by atomic mass is 16.6. The number of carbonyl (C=O) groups excluding carboxylic acids is 4. The molecule has 0 bridgehead atoms. The van der Waals surface area contributed by atoms with Crippen LogP contribution in [0.2, 0.25) is 0 Å². The average molecular weight is 341 g/mol. The predicted octanol–water partition coefficient (Wildman–Crippen LogP) is 2.58. The molecule has 6 heteroatoms. The summed E-state index contributed by atoms with van der Waals surface area (Å²) < 4.78 is 5.24. The summed E-state index contributed by atoms with van der Waals surface area (Å²) in [6, 6.07) is -0.643. The maximum absolute atomic E-state index is 12.1. The van der Waals surface area contributed by atoms with Gasteiger partial charge in [-0.2, -0.15) is 0 Å². The molecule has 6 nitrogen and oxygen atoms in total. The minimum Gasteiger partial charge on any atom is -0.460 e. The highest BCUT2D eigenvalue weighted by Crippen LogP contribution is 2.14. The van der Waals surface area contributed by atoms with Crippen molar-refractivity contribution < 1.29 is 23.9 Å². The highest BCUT2D eigenvalue weighted by molar-refractivity contribution is 5.91. The smallest absolute Gasteiger partial charge is 0.309 e. The van der Waals surface area contributed by atoms with Crippen molar-refractivity contribution in [3.63, 3.8) is 0 Å². The molecule has 0 heterocycles. The standard InChI is InChI=1S/C18H31NO5/c1-12(17(23)24-18(4,5)6)11-15(21)14(3)19-16(22)10-8-7-9-13(2)20/h12,14H,7-11H2,1-6H3,(H,19,22)/t12-,14+/m1/s1. The first-order chi connectivity index (χ1) is 10.9. The van der Waals surface area contributed by atoms with E-state index in [1.807, 2.05) is 0 Å². The Morgan fingerprint density at radius 3 is 2.04 bits per heavy atom. The van der Waals surface area contributed by atoms with E-state index in [0.717, 1.165) is 0 Å². The van der Waals surface area contributed by atoms with Gasteiger partial charge < -0.3 is 14.8 Å². The third-order valence-electron chi connectivity index (χ3n) is 3.36. The van der Waals surface area contributed by atoms with E-state index in [-0.39, 0.29) is 30.3 Å². The van der Waals surface area contributed by atoms with Crippen LogP contribution in [0.3, 0.4) is 0 Å². The molecule has 0 aromatic rings. The Labute approximate surface area is 144 Å². The van der Waals surface area contributed by atoms with E-state index < -0.39 is 23.5 Å². The van der Waals surface area contributed by atoms with Crippen LogP contribution in [0.5, 0.6) is 0 Å². The van der Waals surface area contributed by atoms with Crippen LogP contribution in [-0.2, 0) is 23.9 Å². The number of Topliss-reactive ketones (excluding diaryl/α,β-unsaturated/α-hetero) is 2. The van der Waals surface area contributed by atoms with Gasteiger partial charge in [-0.1, -0.05) is 6.92 Å². The highest BCUT2D eigenvalue weighted by Gasteiger charge is 2.26. The number of ether oxygens (including phenoxy) is 1. The molecule has 0 aliphatic carbocycles. The first-order valence-corrected chi connectivity index (χ1v) is 8.46. The number of carbonyl (C=O) groups is 4. The lowest BCUT2D eigenvalue weighted by Crippen LogP contribution is -2.40. The fourth-order valence-electron chi connectivity index (χ4n) is 2.02. The summed E-state index contributed by atoms with van der Waals surface area (Å²) >= 11 is 0. The number of esters is 1. The molecule has 1 N–H and O–H groups in total. The molecule has 0 spiro atoms. The van der Waals surface area contributed by atoms with Gasteiger partial charge in [-0.15, -0.1) is 0 Å². The number of hydrogen-bond donors (Lipinski definition) is 1. The molecule has 0 aromatic heterocycles. The van der Waals surface area contributed by atoms with Crippen LogP contribution in [0.4, 0.5) is 0 Å². The molecule has 0 rings (SSSR count). The van der Waals surface area contributed by atoms with Gasteiger partial charge in [-0.25, -0.2) is 0 Å². The van der Waals surface area contributed by atoms with Crippen molar-refractivity contribution in [1.82, 2.24) is 5.32 Å². The Bertz CT molecular complexity index is 465. The van der Waals surface area contributed by atoms with E-state index in [4.69, 9.17) is 4.74 Å². The van der Waals surface area contributed by atoms with E-state index in [1.54, 1.807) is 34.6 Å². The molecule has 0 aliphatic heterocycles. The van der Waals surface area contributed by atoms with Gasteiger partial charge in [0.2, 0.25) is 5.91 Å². The number of ketones is 2. The van der Waals surface area contributed by atoms with Gasteiger partial charge in [-0.3, -0.25) is 14.4 Å². The summed E-state index contributed by atoms with van der Waals surface area (Å²) in [5, 5.41) is 2.63. The number of hydrogen-bond acceptors (Lipinski definition) is 5. The van der Waals surface area contributed by atoms with Gasteiger partial charge in [0.1, 0.15) is 11.4 Å². The molecule has 138 valence electrons. The van der Waals surface area contributed by atoms with Gasteiger partial charge in [0, 0.05) is 19.3 Å². The largest absolute Gasteiger partial charge is 0.460 e. The fraction of sp³-hybridized carbons (Fsp3) is 0.778. The topological polar surface area (TPSA) is 89.5 Å². The van der Waals surface area contributed by atoms with Crippen molar-refractivity contribution in [2.45, 2.75) is 85.3 Å². The Hall–Kier alpha value is -1.72. The van der Waals surface area contributed by atoms with Gasteiger partial charge >= 0.3 is 5.97 Å². The van der Waals surface area contributed by atoms with Crippen LogP contribution in [0.15, 0.2) is 0 Å². The molecule has 0 aliphatic rings. The molecular formula is C18H31NO5. The molecule has 24 heavy (non-hydrogen) atoms. The first kappa shape index (κ1) is 22.3. The van der Waals surface area contributed by atoms with Crippen molar-refractivity contribution in [2.75, 3.05) is 0 Å². The van der Waals surface area contributed by atoms with Gasteiger partial charge in [0.05, 0.1) is 12.0 Å². The van der Waals surface area contributed by atoms with Crippen LogP contribution in [0.1, 0.15) is 73.6 Å². The van der Waals surface area contributed by atoms with E-state index in [2.05, 4.69) is 5.32 Å². The van der Waals surface area contributed by atoms with Crippen LogP contribution in [0.25, 0.3) is 0 Å². The maximum Gasteiger partial charge on any atom is 0.309 e. The lowest BCUT2D eigenvalue weighted by atomic mass is 10.0. The summed E-state index contributed by atoms with van der Waals surface area (Å²) in [6.45, 7) is 10.1. The Morgan fingerprint density at radius 1 is 1.00 bits per heavy atom. The predicted molar refractivity (Wildman–Crippen MR) is 91.4 cm³/mol. The fourth-order valence-corrected chi connectivity index (χ4v) is 2.02. The van der Waals surface area contributed by atoms with Gasteiger partial charge in [0.15, 0.2) is 5.78 Å². The van der Waals surface area contributed by atoms with Crippen molar-refractivity contribution in [3.05, 3.63) is 0 Å². The summed E-state index contributed by atoms with van der Waals surface area (Å²) in [7, 11) is 0. The quantitative estimate of drug-likeness (QED) is 0.487. The van der Waals surface area contributed by atoms with Crippen LogP contribution >= 0.6 is 0 Å². The molecule has 0 aromatic carbocycles. The van der Waals surface area contributed by atoms with Gasteiger partial charge in [-0.05, 0) is 47.5 Å². The van der Waals surface area contributed by atoms with Gasteiger partial charge in [0.25, 0.3) is 0 Å². The van der Waals surface area contributed by atoms with Crippen LogP contribution in [0, 0.1) is 5.92 Å². The first-order valence-electron chi connectivity index (χ1n) is 8.46. The molecule has 0 unspecified atom stereocenters. The minimum absolute atomic E-state index is 0.0285. The third-order valence-corrected chi connectivity index (χ3v) is 3.36.